The van der Waals surface area contributed by atoms with Crippen LogP contribution in [-0.4, -0.2) is 16.7 Å². The Morgan fingerprint density at radius 2 is 1.50 bits per heavy atom. The van der Waals surface area contributed by atoms with E-state index in [0.717, 1.165) is 0 Å². The molecule has 0 unspecified atom stereocenters. The summed E-state index contributed by atoms with van der Waals surface area (Å²) in [7, 11) is 0. The van der Waals surface area contributed by atoms with Crippen LogP contribution in [-0.2, 0) is 4.74 Å². The van der Waals surface area contributed by atoms with Crippen LogP contribution < -0.4 is 0 Å². The molecule has 7 heteroatoms. The molecule has 0 N–H and O–H groups in total. The number of benzene rings is 3. The first kappa shape index (κ1) is 19.7. The van der Waals surface area contributed by atoms with E-state index in [1.807, 2.05) is 22.6 Å². The molecule has 0 spiro atoms. The van der Waals surface area contributed by atoms with Crippen LogP contribution >= 0.6 is 22.6 Å². The molecule has 0 aliphatic rings. The molecule has 140 valence electrons. The predicted molar refractivity (Wildman–Crippen MR) is 111 cm³/mol. The molecular formula is C21H14INO5. The predicted octanol–water partition coefficient (Wildman–Crippen LogP) is 4.98. The number of nitro benzene ring substituents is 1. The number of esters is 1. The molecule has 0 aliphatic heterocycles. The highest BCUT2D eigenvalue weighted by Gasteiger charge is 2.28. The van der Waals surface area contributed by atoms with Crippen LogP contribution in [0.3, 0.4) is 0 Å². The van der Waals surface area contributed by atoms with E-state index in [0.29, 0.717) is 20.3 Å². The Hall–Kier alpha value is -3.07. The summed E-state index contributed by atoms with van der Waals surface area (Å²) in [6.45, 7) is 0. The van der Waals surface area contributed by atoms with Gasteiger partial charge < -0.3 is 4.74 Å². The molecule has 0 aromatic heterocycles. The van der Waals surface area contributed by atoms with Crippen LogP contribution in [0.1, 0.15) is 32.4 Å². The van der Waals surface area contributed by atoms with Gasteiger partial charge >= 0.3 is 5.97 Å². The molecule has 0 amide bonds. The Balaban J connectivity index is 1.97. The molecule has 0 saturated heterocycles. The number of ketones is 1. The first-order chi connectivity index (χ1) is 13.5. The maximum Gasteiger partial charge on any atom is 0.340 e. The van der Waals surface area contributed by atoms with Crippen molar-refractivity contribution in [2.75, 3.05) is 0 Å². The number of ether oxygens (including phenoxy) is 1. The number of carbonyl (C=O) groups excluding carboxylic acids is 2. The number of halogens is 1. The summed E-state index contributed by atoms with van der Waals surface area (Å²) in [5.41, 5.74) is 0.967. The van der Waals surface area contributed by atoms with Crippen molar-refractivity contribution in [1.82, 2.24) is 0 Å². The van der Waals surface area contributed by atoms with Gasteiger partial charge in [-0.1, -0.05) is 42.5 Å². The number of rotatable bonds is 6. The van der Waals surface area contributed by atoms with E-state index in [2.05, 4.69) is 0 Å². The third-order valence-corrected chi connectivity index (χ3v) is 4.96. The maximum absolute atomic E-state index is 13.0. The third-order valence-electron chi connectivity index (χ3n) is 4.02. The largest absolute Gasteiger partial charge is 0.445 e. The molecule has 0 fully saturated rings. The summed E-state index contributed by atoms with van der Waals surface area (Å²) in [6.07, 6.45) is -1.22. The van der Waals surface area contributed by atoms with E-state index in [1.165, 1.54) is 24.3 Å². The zero-order valence-electron chi connectivity index (χ0n) is 14.4. The SMILES string of the molecule is O=C(O[C@@H](C(=O)c1ccccc1)c1ccc([N+](=O)[O-])cc1)c1ccccc1I. The minimum atomic E-state index is -1.22. The number of hydrogen-bond acceptors (Lipinski definition) is 5. The topological polar surface area (TPSA) is 86.5 Å². The number of nitrogens with zero attached hydrogens (tertiary/aromatic N) is 1. The van der Waals surface area contributed by atoms with Crippen molar-refractivity contribution in [1.29, 1.82) is 0 Å². The maximum atomic E-state index is 13.0. The standard InChI is InChI=1S/C21H14INO5/c22-18-9-5-4-8-17(18)21(25)28-20(19(24)14-6-2-1-3-7-14)15-10-12-16(13-11-15)23(26)27/h1-13,20H/t20-/m1/s1. The van der Waals surface area contributed by atoms with Gasteiger partial charge in [0, 0.05) is 26.8 Å². The van der Waals surface area contributed by atoms with Crippen LogP contribution in [0.2, 0.25) is 0 Å². The van der Waals surface area contributed by atoms with Crippen molar-refractivity contribution < 1.29 is 19.2 Å². The Morgan fingerprint density at radius 3 is 2.11 bits per heavy atom. The molecule has 3 rings (SSSR count). The van der Waals surface area contributed by atoms with Crippen LogP contribution in [0.4, 0.5) is 5.69 Å². The van der Waals surface area contributed by atoms with E-state index >= 15 is 0 Å². The fourth-order valence-electron chi connectivity index (χ4n) is 2.59. The molecule has 0 saturated carbocycles. The zero-order valence-corrected chi connectivity index (χ0v) is 16.6. The number of Topliss-reactive ketones (excluding diaryl/α,β-unsaturated/α-hetero) is 1. The van der Waals surface area contributed by atoms with Crippen molar-refractivity contribution >= 4 is 40.0 Å². The number of non-ortho nitro benzene ring substituents is 1. The summed E-state index contributed by atoms with van der Waals surface area (Å²) in [5, 5.41) is 10.9. The Bertz CT molecular complexity index is 1020. The van der Waals surface area contributed by atoms with Gasteiger partial charge in [-0.25, -0.2) is 4.79 Å². The lowest BCUT2D eigenvalue weighted by atomic mass is 9.99. The monoisotopic (exact) mass is 487 g/mol. The first-order valence-corrected chi connectivity index (χ1v) is 9.34. The van der Waals surface area contributed by atoms with Crippen LogP contribution in [0.25, 0.3) is 0 Å². The summed E-state index contributed by atoms with van der Waals surface area (Å²) in [4.78, 5) is 36.0. The molecule has 3 aromatic rings. The minimum Gasteiger partial charge on any atom is -0.445 e. The van der Waals surface area contributed by atoms with Crippen molar-refractivity contribution in [3.63, 3.8) is 0 Å². The zero-order chi connectivity index (χ0) is 20.1. The Labute approximate surface area is 174 Å². The van der Waals surface area contributed by atoms with E-state index in [4.69, 9.17) is 4.74 Å². The minimum absolute atomic E-state index is 0.112. The molecule has 6 nitrogen and oxygen atoms in total. The normalized spacial score (nSPS) is 11.5. The van der Waals surface area contributed by atoms with Crippen molar-refractivity contribution in [2.24, 2.45) is 0 Å². The summed E-state index contributed by atoms with van der Waals surface area (Å²) < 4.78 is 6.25. The van der Waals surface area contributed by atoms with Crippen LogP contribution in [0.15, 0.2) is 78.9 Å². The van der Waals surface area contributed by atoms with Gasteiger partial charge in [0.05, 0.1) is 10.5 Å². The Kier molecular flexibility index (Phi) is 6.15. The van der Waals surface area contributed by atoms with Gasteiger partial charge in [-0.2, -0.15) is 0 Å². The molecule has 0 bridgehead atoms. The Morgan fingerprint density at radius 1 is 0.893 bits per heavy atom. The summed E-state index contributed by atoms with van der Waals surface area (Å²) in [5.74, 6) is -1.05. The summed E-state index contributed by atoms with van der Waals surface area (Å²) >= 11 is 2.02. The van der Waals surface area contributed by atoms with E-state index in [9.17, 15) is 19.7 Å². The molecule has 0 aliphatic carbocycles. The lowest BCUT2D eigenvalue weighted by Gasteiger charge is -2.18. The van der Waals surface area contributed by atoms with Gasteiger partial charge in [0.2, 0.25) is 5.78 Å². The van der Waals surface area contributed by atoms with Crippen LogP contribution in [0, 0.1) is 13.7 Å². The van der Waals surface area contributed by atoms with Crippen molar-refractivity contribution in [3.8, 4) is 0 Å². The van der Waals surface area contributed by atoms with Gasteiger partial charge in [-0.05, 0) is 46.9 Å². The van der Waals surface area contributed by atoms with Gasteiger partial charge in [0.1, 0.15) is 0 Å². The van der Waals surface area contributed by atoms with E-state index in [1.54, 1.807) is 54.6 Å². The van der Waals surface area contributed by atoms with Crippen molar-refractivity contribution in [3.05, 3.63) is 109 Å². The second kappa shape index (κ2) is 8.75. The average Bonchev–Trinajstić information content (AvgIpc) is 2.72. The highest BCUT2D eigenvalue weighted by atomic mass is 127. The third kappa shape index (κ3) is 4.42. The highest BCUT2D eigenvalue weighted by molar-refractivity contribution is 14.1. The average molecular weight is 487 g/mol. The van der Waals surface area contributed by atoms with E-state index in [-0.39, 0.29) is 5.69 Å². The lowest BCUT2D eigenvalue weighted by Crippen LogP contribution is -2.21. The first-order valence-electron chi connectivity index (χ1n) is 8.26. The second-order valence-electron chi connectivity index (χ2n) is 5.84. The number of nitro groups is 1. The van der Waals surface area contributed by atoms with Gasteiger partial charge in [0.15, 0.2) is 6.10 Å². The van der Waals surface area contributed by atoms with Gasteiger partial charge in [-0.3, -0.25) is 14.9 Å². The fourth-order valence-corrected chi connectivity index (χ4v) is 3.20. The van der Waals surface area contributed by atoms with Gasteiger partial charge in [-0.15, -0.1) is 0 Å². The van der Waals surface area contributed by atoms with Gasteiger partial charge in [0.25, 0.3) is 5.69 Å². The molecule has 1 atom stereocenters. The quantitative estimate of drug-likeness (QED) is 0.161. The molecular weight excluding hydrogens is 473 g/mol. The smallest absolute Gasteiger partial charge is 0.340 e. The molecule has 28 heavy (non-hydrogen) atoms. The van der Waals surface area contributed by atoms with Crippen molar-refractivity contribution in [2.45, 2.75) is 6.10 Å². The molecule has 0 radical (unpaired) electrons. The molecule has 0 heterocycles. The number of hydrogen-bond donors (Lipinski definition) is 0. The molecule has 3 aromatic carbocycles. The fraction of sp³-hybridized carbons (Fsp3) is 0.0476. The van der Waals surface area contributed by atoms with E-state index < -0.39 is 22.8 Å². The highest BCUT2D eigenvalue weighted by Crippen LogP contribution is 2.26. The lowest BCUT2D eigenvalue weighted by molar-refractivity contribution is -0.384. The second-order valence-corrected chi connectivity index (χ2v) is 7.01. The number of carbonyl (C=O) groups is 2. The summed E-state index contributed by atoms with van der Waals surface area (Å²) in [6, 6.07) is 20.7. The van der Waals surface area contributed by atoms with Crippen LogP contribution in [0.5, 0.6) is 0 Å².